The quantitative estimate of drug-likeness (QED) is 0.656. The number of benzene rings is 2. The molecule has 0 aromatic heterocycles. The van der Waals surface area contributed by atoms with Crippen LogP contribution in [0, 0.1) is 0 Å². The fraction of sp³-hybridized carbons (Fsp3) is 0.389. The Morgan fingerprint density at radius 1 is 1.22 bits per heavy atom. The summed E-state index contributed by atoms with van der Waals surface area (Å²) in [5.41, 5.74) is 0. The number of fused-ring (bicyclic) bond motifs is 1. The number of nitrogens with one attached hydrogen (secondary N) is 2. The van der Waals surface area contributed by atoms with Gasteiger partial charge in [-0.1, -0.05) is 43.3 Å². The van der Waals surface area contributed by atoms with Crippen LogP contribution in [0.2, 0.25) is 0 Å². The van der Waals surface area contributed by atoms with Gasteiger partial charge in [-0.25, -0.2) is 4.79 Å². The van der Waals surface area contributed by atoms with Crippen LogP contribution in [0.25, 0.3) is 10.8 Å². The second kappa shape index (κ2) is 9.00. The van der Waals surface area contributed by atoms with Crippen LogP contribution >= 0.6 is 0 Å². The summed E-state index contributed by atoms with van der Waals surface area (Å²) in [5.74, 6) is 0.817. The van der Waals surface area contributed by atoms with Crippen molar-refractivity contribution in [2.45, 2.75) is 25.8 Å². The molecule has 5 heteroatoms. The minimum Gasteiger partial charge on any atom is -0.491 e. The fourth-order valence-electron chi connectivity index (χ4n) is 2.42. The molecule has 0 spiro atoms. The van der Waals surface area contributed by atoms with E-state index in [4.69, 9.17) is 9.84 Å². The molecule has 2 amide bonds. The Kier molecular flexibility index (Phi) is 6.69. The summed E-state index contributed by atoms with van der Waals surface area (Å²) < 4.78 is 5.77. The maximum Gasteiger partial charge on any atom is 0.315 e. The van der Waals surface area contributed by atoms with Crippen LogP contribution in [-0.2, 0) is 0 Å². The lowest BCUT2D eigenvalue weighted by Crippen LogP contribution is -2.43. The van der Waals surface area contributed by atoms with E-state index in [-0.39, 0.29) is 18.7 Å². The first-order chi connectivity index (χ1) is 11.2. The van der Waals surface area contributed by atoms with Crippen molar-refractivity contribution in [2.24, 2.45) is 0 Å². The number of hydrogen-bond acceptors (Lipinski definition) is 3. The molecule has 3 N–H and O–H groups in total. The molecule has 124 valence electrons. The molecule has 23 heavy (non-hydrogen) atoms. The van der Waals surface area contributed by atoms with Gasteiger partial charge in [0, 0.05) is 18.0 Å². The Labute approximate surface area is 136 Å². The smallest absolute Gasteiger partial charge is 0.315 e. The van der Waals surface area contributed by atoms with Crippen molar-refractivity contribution < 1.29 is 14.6 Å². The minimum atomic E-state index is -0.230. The molecule has 0 saturated carbocycles. The Morgan fingerprint density at radius 3 is 2.78 bits per heavy atom. The van der Waals surface area contributed by atoms with E-state index < -0.39 is 0 Å². The number of urea groups is 1. The number of amides is 2. The lowest BCUT2D eigenvalue weighted by molar-refractivity contribution is 0.224. The van der Waals surface area contributed by atoms with E-state index in [0.29, 0.717) is 19.6 Å². The van der Waals surface area contributed by atoms with E-state index in [9.17, 15) is 4.79 Å². The van der Waals surface area contributed by atoms with E-state index in [1.807, 2.05) is 49.4 Å². The van der Waals surface area contributed by atoms with Gasteiger partial charge in [0.1, 0.15) is 12.4 Å². The number of carbonyl (C=O) groups is 1. The fourth-order valence-corrected chi connectivity index (χ4v) is 2.42. The molecule has 2 aromatic rings. The molecule has 0 bridgehead atoms. The van der Waals surface area contributed by atoms with Crippen molar-refractivity contribution in [1.82, 2.24) is 10.6 Å². The first kappa shape index (κ1) is 17.1. The van der Waals surface area contributed by atoms with Crippen molar-refractivity contribution in [2.75, 3.05) is 19.8 Å². The summed E-state index contributed by atoms with van der Waals surface area (Å²) in [6, 6.07) is 13.7. The van der Waals surface area contributed by atoms with E-state index in [2.05, 4.69) is 10.6 Å². The van der Waals surface area contributed by atoms with Crippen LogP contribution in [0.1, 0.15) is 19.8 Å². The Balaban J connectivity index is 1.77. The molecule has 1 atom stereocenters. The molecule has 1 unspecified atom stereocenters. The third kappa shape index (κ3) is 5.14. The van der Waals surface area contributed by atoms with Crippen molar-refractivity contribution in [3.8, 4) is 5.75 Å². The van der Waals surface area contributed by atoms with Crippen molar-refractivity contribution in [1.29, 1.82) is 0 Å². The van der Waals surface area contributed by atoms with Gasteiger partial charge in [-0.3, -0.25) is 0 Å². The second-order valence-electron chi connectivity index (χ2n) is 5.34. The lowest BCUT2D eigenvalue weighted by atomic mass is 10.1. The van der Waals surface area contributed by atoms with Crippen molar-refractivity contribution in [3.63, 3.8) is 0 Å². The van der Waals surface area contributed by atoms with Gasteiger partial charge in [0.25, 0.3) is 0 Å². The van der Waals surface area contributed by atoms with Gasteiger partial charge < -0.3 is 20.5 Å². The van der Waals surface area contributed by atoms with E-state index >= 15 is 0 Å². The van der Waals surface area contributed by atoms with Gasteiger partial charge >= 0.3 is 6.03 Å². The molecule has 0 heterocycles. The maximum atomic E-state index is 11.8. The normalized spacial score (nSPS) is 11.9. The average Bonchev–Trinajstić information content (AvgIpc) is 2.58. The van der Waals surface area contributed by atoms with Crippen molar-refractivity contribution >= 4 is 16.8 Å². The molecule has 2 aromatic carbocycles. The highest BCUT2D eigenvalue weighted by Gasteiger charge is 2.09. The van der Waals surface area contributed by atoms with Crippen LogP contribution in [0.15, 0.2) is 42.5 Å². The molecule has 0 aliphatic rings. The highest BCUT2D eigenvalue weighted by atomic mass is 16.5. The van der Waals surface area contributed by atoms with Gasteiger partial charge in [0.05, 0.1) is 6.54 Å². The van der Waals surface area contributed by atoms with Gasteiger partial charge in [-0.05, 0) is 24.3 Å². The molecule has 0 radical (unpaired) electrons. The summed E-state index contributed by atoms with van der Waals surface area (Å²) in [4.78, 5) is 11.8. The number of ether oxygens (including phenoxy) is 1. The number of rotatable bonds is 8. The first-order valence-electron chi connectivity index (χ1n) is 8.00. The van der Waals surface area contributed by atoms with Crippen molar-refractivity contribution in [3.05, 3.63) is 42.5 Å². The summed E-state index contributed by atoms with van der Waals surface area (Å²) in [5, 5.41) is 16.7. The average molecular weight is 316 g/mol. The summed E-state index contributed by atoms with van der Waals surface area (Å²) in [7, 11) is 0. The summed E-state index contributed by atoms with van der Waals surface area (Å²) in [6.07, 6.45) is 1.36. The zero-order valence-corrected chi connectivity index (χ0v) is 13.4. The summed E-state index contributed by atoms with van der Waals surface area (Å²) in [6.45, 7) is 2.87. The van der Waals surface area contributed by atoms with E-state index in [1.54, 1.807) is 0 Å². The molecule has 5 nitrogen and oxygen atoms in total. The van der Waals surface area contributed by atoms with Crippen LogP contribution < -0.4 is 15.4 Å². The predicted molar refractivity (Wildman–Crippen MR) is 91.8 cm³/mol. The zero-order chi connectivity index (χ0) is 16.5. The number of aliphatic hydroxyl groups is 1. The number of hydrogen-bond donors (Lipinski definition) is 3. The van der Waals surface area contributed by atoms with E-state index in [1.165, 1.54) is 0 Å². The molecule has 0 aliphatic heterocycles. The molecular formula is C18H24N2O3. The van der Waals surface area contributed by atoms with Crippen LogP contribution in [0.4, 0.5) is 4.79 Å². The Hall–Kier alpha value is -2.27. The minimum absolute atomic E-state index is 0.000940. The van der Waals surface area contributed by atoms with Gasteiger partial charge in [0.2, 0.25) is 0 Å². The SMILES string of the molecule is CCC(CCO)NC(=O)NCCOc1cccc2ccccc12. The van der Waals surface area contributed by atoms with E-state index in [0.717, 1.165) is 22.9 Å². The predicted octanol–water partition coefficient (Wildman–Crippen LogP) is 2.68. The molecule has 0 fully saturated rings. The lowest BCUT2D eigenvalue weighted by Gasteiger charge is -2.16. The van der Waals surface area contributed by atoms with Crippen LogP contribution in [0.3, 0.4) is 0 Å². The molecule has 2 rings (SSSR count). The third-order valence-electron chi connectivity index (χ3n) is 3.70. The monoisotopic (exact) mass is 316 g/mol. The largest absolute Gasteiger partial charge is 0.491 e. The Bertz CT molecular complexity index is 625. The standard InChI is InChI=1S/C18H24N2O3/c1-2-15(10-12-21)20-18(22)19-11-13-23-17-9-5-7-14-6-3-4-8-16(14)17/h3-9,15,21H,2,10-13H2,1H3,(H2,19,20,22). The maximum absolute atomic E-state index is 11.8. The zero-order valence-electron chi connectivity index (χ0n) is 13.4. The number of aliphatic hydroxyl groups excluding tert-OH is 1. The second-order valence-corrected chi connectivity index (χ2v) is 5.34. The number of carbonyl (C=O) groups excluding carboxylic acids is 1. The van der Waals surface area contributed by atoms with Gasteiger partial charge in [0.15, 0.2) is 0 Å². The van der Waals surface area contributed by atoms with Gasteiger partial charge in [-0.15, -0.1) is 0 Å². The molecule has 0 aliphatic carbocycles. The third-order valence-corrected chi connectivity index (χ3v) is 3.70. The molecular weight excluding hydrogens is 292 g/mol. The van der Waals surface area contributed by atoms with Crippen LogP contribution in [-0.4, -0.2) is 36.9 Å². The highest BCUT2D eigenvalue weighted by Crippen LogP contribution is 2.24. The summed E-state index contributed by atoms with van der Waals surface area (Å²) >= 11 is 0. The first-order valence-corrected chi connectivity index (χ1v) is 8.00. The van der Waals surface area contributed by atoms with Gasteiger partial charge in [-0.2, -0.15) is 0 Å². The highest BCUT2D eigenvalue weighted by molar-refractivity contribution is 5.88. The Morgan fingerprint density at radius 2 is 2.00 bits per heavy atom. The topological polar surface area (TPSA) is 70.6 Å². The molecule has 0 saturated heterocycles. The van der Waals surface area contributed by atoms with Crippen LogP contribution in [0.5, 0.6) is 5.75 Å².